The van der Waals surface area contributed by atoms with E-state index in [9.17, 15) is 0 Å². The normalized spacial score (nSPS) is 24.1. The molecule has 4 nitrogen and oxygen atoms in total. The van der Waals surface area contributed by atoms with Gasteiger partial charge in [0.05, 0.1) is 0 Å². The summed E-state index contributed by atoms with van der Waals surface area (Å²) in [5.74, 6) is 2.49. The summed E-state index contributed by atoms with van der Waals surface area (Å²) in [6.07, 6.45) is 6.53. The van der Waals surface area contributed by atoms with Crippen LogP contribution in [0.1, 0.15) is 45.4 Å². The molecule has 0 amide bonds. The van der Waals surface area contributed by atoms with Crippen molar-refractivity contribution in [1.29, 1.82) is 0 Å². The number of aromatic nitrogens is 2. The lowest BCUT2D eigenvalue weighted by Gasteiger charge is -2.28. The lowest BCUT2D eigenvalue weighted by atomic mass is 10.1. The predicted molar refractivity (Wildman–Crippen MR) is 89.1 cm³/mol. The van der Waals surface area contributed by atoms with Crippen molar-refractivity contribution in [3.63, 3.8) is 0 Å². The fraction of sp³-hybridized carbons (Fsp3) is 0.875. The van der Waals surface area contributed by atoms with Crippen LogP contribution in [0, 0.1) is 11.8 Å². The fourth-order valence-electron chi connectivity index (χ4n) is 3.48. The molecule has 2 fully saturated rings. The van der Waals surface area contributed by atoms with Gasteiger partial charge < -0.3 is 9.80 Å². The Hall–Kier alpha value is -0.680. The first-order chi connectivity index (χ1) is 10.2. The molecule has 21 heavy (non-hydrogen) atoms. The Balaban J connectivity index is 1.50. The summed E-state index contributed by atoms with van der Waals surface area (Å²) in [6, 6.07) is 0. The van der Waals surface area contributed by atoms with Gasteiger partial charge in [-0.15, -0.1) is 0 Å². The second-order valence-electron chi connectivity index (χ2n) is 7.05. The highest BCUT2D eigenvalue weighted by molar-refractivity contribution is 7.09. The van der Waals surface area contributed by atoms with Gasteiger partial charge >= 0.3 is 0 Å². The Morgan fingerprint density at radius 2 is 2.00 bits per heavy atom. The van der Waals surface area contributed by atoms with E-state index in [2.05, 4.69) is 28.0 Å². The maximum absolute atomic E-state index is 4.73. The van der Waals surface area contributed by atoms with Crippen molar-refractivity contribution >= 4 is 16.7 Å². The summed E-state index contributed by atoms with van der Waals surface area (Å²) in [5, 5.41) is 1.15. The molecule has 2 aliphatic rings. The largest absolute Gasteiger partial charge is 0.347 e. The van der Waals surface area contributed by atoms with Crippen LogP contribution in [-0.4, -0.2) is 47.0 Å². The SMILES string of the molecule is CC(C)Cc1nsc(N2CCC(CN3CCCCC3)C2)n1. The maximum Gasteiger partial charge on any atom is 0.205 e. The molecule has 1 atom stereocenters. The number of rotatable bonds is 5. The molecule has 3 rings (SSSR count). The first-order valence-electron chi connectivity index (χ1n) is 8.50. The number of piperidine rings is 1. The van der Waals surface area contributed by atoms with E-state index in [1.54, 1.807) is 11.5 Å². The van der Waals surface area contributed by atoms with Crippen LogP contribution in [0.4, 0.5) is 5.13 Å². The number of likely N-dealkylation sites (tertiary alicyclic amines) is 1. The van der Waals surface area contributed by atoms with E-state index in [1.807, 2.05) is 0 Å². The van der Waals surface area contributed by atoms with Crippen molar-refractivity contribution in [2.24, 2.45) is 11.8 Å². The van der Waals surface area contributed by atoms with Crippen LogP contribution in [0.15, 0.2) is 0 Å². The number of anilines is 1. The van der Waals surface area contributed by atoms with Gasteiger partial charge in [-0.25, -0.2) is 4.98 Å². The smallest absolute Gasteiger partial charge is 0.205 e. The van der Waals surface area contributed by atoms with Gasteiger partial charge in [0.15, 0.2) is 0 Å². The van der Waals surface area contributed by atoms with Gasteiger partial charge in [-0.1, -0.05) is 20.3 Å². The van der Waals surface area contributed by atoms with Crippen molar-refractivity contribution in [2.45, 2.75) is 46.0 Å². The van der Waals surface area contributed by atoms with Crippen LogP contribution >= 0.6 is 11.5 Å². The average Bonchev–Trinajstić information content (AvgIpc) is 3.08. The maximum atomic E-state index is 4.73. The minimum Gasteiger partial charge on any atom is -0.347 e. The quantitative estimate of drug-likeness (QED) is 0.837. The molecule has 0 radical (unpaired) electrons. The highest BCUT2D eigenvalue weighted by Gasteiger charge is 2.27. The van der Waals surface area contributed by atoms with E-state index < -0.39 is 0 Å². The lowest BCUT2D eigenvalue weighted by Crippen LogP contribution is -2.35. The number of hydrogen-bond acceptors (Lipinski definition) is 5. The molecule has 2 aliphatic heterocycles. The lowest BCUT2D eigenvalue weighted by molar-refractivity contribution is 0.201. The minimum atomic E-state index is 0.637. The van der Waals surface area contributed by atoms with Gasteiger partial charge in [-0.2, -0.15) is 4.37 Å². The molecule has 2 saturated heterocycles. The minimum absolute atomic E-state index is 0.637. The second-order valence-corrected chi connectivity index (χ2v) is 7.78. The van der Waals surface area contributed by atoms with Gasteiger partial charge in [0.25, 0.3) is 0 Å². The Bertz CT molecular complexity index is 439. The van der Waals surface area contributed by atoms with Crippen molar-refractivity contribution < 1.29 is 0 Å². The third-order valence-electron chi connectivity index (χ3n) is 4.57. The first-order valence-corrected chi connectivity index (χ1v) is 9.28. The molecule has 3 heterocycles. The van der Waals surface area contributed by atoms with Crippen molar-refractivity contribution in [3.8, 4) is 0 Å². The van der Waals surface area contributed by atoms with E-state index in [4.69, 9.17) is 4.98 Å². The highest BCUT2D eigenvalue weighted by atomic mass is 32.1. The van der Waals surface area contributed by atoms with Crippen LogP contribution < -0.4 is 4.90 Å². The van der Waals surface area contributed by atoms with Crippen molar-refractivity contribution in [2.75, 3.05) is 37.6 Å². The molecule has 0 saturated carbocycles. The molecule has 1 aromatic rings. The summed E-state index contributed by atoms with van der Waals surface area (Å²) in [7, 11) is 0. The molecular formula is C16H28N4S. The topological polar surface area (TPSA) is 32.3 Å². The molecule has 0 aliphatic carbocycles. The van der Waals surface area contributed by atoms with Crippen LogP contribution in [0.2, 0.25) is 0 Å². The van der Waals surface area contributed by atoms with Gasteiger partial charge in [-0.3, -0.25) is 0 Å². The van der Waals surface area contributed by atoms with E-state index in [1.165, 1.54) is 51.9 Å². The first kappa shape index (κ1) is 15.2. The molecule has 0 aromatic carbocycles. The number of nitrogens with zero attached hydrogens (tertiary/aromatic N) is 4. The summed E-state index contributed by atoms with van der Waals surface area (Å²) >= 11 is 1.59. The van der Waals surface area contributed by atoms with Crippen molar-refractivity contribution in [3.05, 3.63) is 5.82 Å². The van der Waals surface area contributed by atoms with Crippen LogP contribution in [-0.2, 0) is 6.42 Å². The molecule has 5 heteroatoms. The highest BCUT2D eigenvalue weighted by Crippen LogP contribution is 2.27. The third-order valence-corrected chi connectivity index (χ3v) is 5.38. The molecule has 0 N–H and O–H groups in total. The molecule has 0 spiro atoms. The van der Waals surface area contributed by atoms with Gasteiger partial charge in [0.2, 0.25) is 5.13 Å². The Morgan fingerprint density at radius 3 is 2.76 bits per heavy atom. The Labute approximate surface area is 132 Å². The van der Waals surface area contributed by atoms with Crippen LogP contribution in [0.3, 0.4) is 0 Å². The molecule has 1 aromatic heterocycles. The van der Waals surface area contributed by atoms with Crippen molar-refractivity contribution in [1.82, 2.24) is 14.3 Å². The zero-order valence-corrected chi connectivity index (χ0v) is 14.2. The molecular weight excluding hydrogens is 280 g/mol. The van der Waals surface area contributed by atoms with Gasteiger partial charge in [0.1, 0.15) is 5.82 Å². The van der Waals surface area contributed by atoms with E-state index in [-0.39, 0.29) is 0 Å². The molecule has 1 unspecified atom stereocenters. The van der Waals surface area contributed by atoms with Gasteiger partial charge in [0, 0.05) is 37.6 Å². The Morgan fingerprint density at radius 1 is 1.19 bits per heavy atom. The zero-order valence-electron chi connectivity index (χ0n) is 13.4. The van der Waals surface area contributed by atoms with E-state index in [0.29, 0.717) is 5.92 Å². The van der Waals surface area contributed by atoms with E-state index >= 15 is 0 Å². The predicted octanol–water partition coefficient (Wildman–Crippen LogP) is 3.05. The second kappa shape index (κ2) is 7.05. The van der Waals surface area contributed by atoms with E-state index in [0.717, 1.165) is 29.8 Å². The van der Waals surface area contributed by atoms with Crippen LogP contribution in [0.5, 0.6) is 0 Å². The van der Waals surface area contributed by atoms with Gasteiger partial charge in [-0.05, 0) is 44.2 Å². The van der Waals surface area contributed by atoms with Crippen LogP contribution in [0.25, 0.3) is 0 Å². The summed E-state index contributed by atoms with van der Waals surface area (Å²) < 4.78 is 4.52. The summed E-state index contributed by atoms with van der Waals surface area (Å²) in [6.45, 7) is 10.7. The third kappa shape index (κ3) is 4.16. The zero-order chi connectivity index (χ0) is 14.7. The number of hydrogen-bond donors (Lipinski definition) is 0. The summed E-state index contributed by atoms with van der Waals surface area (Å²) in [4.78, 5) is 9.86. The fourth-order valence-corrected chi connectivity index (χ4v) is 4.21. The monoisotopic (exact) mass is 308 g/mol. The molecule has 118 valence electrons. The summed E-state index contributed by atoms with van der Waals surface area (Å²) in [5.41, 5.74) is 0. The average molecular weight is 308 g/mol. The Kier molecular flexibility index (Phi) is 5.11. The molecule has 0 bridgehead atoms. The standard InChI is InChI=1S/C16H28N4S/c1-13(2)10-15-17-16(21-18-15)20-9-6-14(12-20)11-19-7-4-3-5-8-19/h13-14H,3-12H2,1-2H3.